The number of rotatable bonds is 3. The molecule has 1 N–H and O–H groups in total. The van der Waals surface area contributed by atoms with Crippen LogP contribution < -0.4 is 4.74 Å². The molecule has 1 aromatic heterocycles. The molecule has 0 radical (unpaired) electrons. The molecule has 0 spiro atoms. The molecule has 0 saturated carbocycles. The standard InChI is InChI=1S/C12H8Cl2F3NO2S/c1-11(19,9-8(13)10(14)18-21-9)6-2-4-7(5-3-6)20-12(15,16)17/h2-5,19H,1H3. The first-order valence-electron chi connectivity index (χ1n) is 5.51. The fourth-order valence-corrected chi connectivity index (χ4v) is 3.04. The third kappa shape index (κ3) is 3.60. The Morgan fingerprint density at radius 2 is 1.76 bits per heavy atom. The van der Waals surface area contributed by atoms with Crippen molar-refractivity contribution in [2.45, 2.75) is 18.9 Å². The van der Waals surface area contributed by atoms with Gasteiger partial charge in [-0.2, -0.15) is 4.37 Å². The number of aliphatic hydroxyl groups is 1. The number of halogens is 5. The Hall–Kier alpha value is -1.02. The highest BCUT2D eigenvalue weighted by atomic mass is 35.5. The summed E-state index contributed by atoms with van der Waals surface area (Å²) >= 11 is 12.6. The van der Waals surface area contributed by atoms with E-state index in [2.05, 4.69) is 9.11 Å². The van der Waals surface area contributed by atoms with Crippen LogP contribution in [0.25, 0.3) is 0 Å². The summed E-state index contributed by atoms with van der Waals surface area (Å²) < 4.78 is 43.8. The van der Waals surface area contributed by atoms with Crippen LogP contribution in [0.3, 0.4) is 0 Å². The number of nitrogens with zero attached hydrogens (tertiary/aromatic N) is 1. The molecule has 1 atom stereocenters. The van der Waals surface area contributed by atoms with Crippen molar-refractivity contribution in [1.82, 2.24) is 4.37 Å². The van der Waals surface area contributed by atoms with Crippen molar-refractivity contribution in [2.75, 3.05) is 0 Å². The molecule has 21 heavy (non-hydrogen) atoms. The molecule has 0 bridgehead atoms. The van der Waals surface area contributed by atoms with Crippen molar-refractivity contribution in [2.24, 2.45) is 0 Å². The zero-order valence-corrected chi connectivity index (χ0v) is 12.7. The molecule has 2 rings (SSSR count). The molecule has 114 valence electrons. The van der Waals surface area contributed by atoms with Crippen LogP contribution in [-0.2, 0) is 5.60 Å². The van der Waals surface area contributed by atoms with Crippen molar-refractivity contribution in [3.63, 3.8) is 0 Å². The molecule has 0 amide bonds. The Bertz CT molecular complexity index is 641. The van der Waals surface area contributed by atoms with Crippen molar-refractivity contribution in [3.8, 4) is 5.75 Å². The molecular formula is C12H8Cl2F3NO2S. The average Bonchev–Trinajstić information content (AvgIpc) is 2.69. The average molecular weight is 358 g/mol. The Balaban J connectivity index is 2.31. The molecule has 0 aliphatic heterocycles. The maximum Gasteiger partial charge on any atom is 0.573 e. The summed E-state index contributed by atoms with van der Waals surface area (Å²) in [5.74, 6) is -0.379. The summed E-state index contributed by atoms with van der Waals surface area (Å²) in [7, 11) is 0. The van der Waals surface area contributed by atoms with E-state index in [0.29, 0.717) is 10.4 Å². The van der Waals surface area contributed by atoms with E-state index in [9.17, 15) is 18.3 Å². The Kier molecular flexibility index (Phi) is 4.39. The SMILES string of the molecule is CC(O)(c1ccc(OC(F)(F)F)cc1)c1snc(Cl)c1Cl. The third-order valence-corrected chi connectivity index (χ3v) is 4.70. The Morgan fingerprint density at radius 1 is 1.19 bits per heavy atom. The van der Waals surface area contributed by atoms with Crippen molar-refractivity contribution in [3.05, 3.63) is 44.9 Å². The van der Waals surface area contributed by atoms with Crippen LogP contribution in [-0.4, -0.2) is 15.8 Å². The lowest BCUT2D eigenvalue weighted by Gasteiger charge is -2.22. The van der Waals surface area contributed by atoms with Gasteiger partial charge in [-0.05, 0) is 36.2 Å². The molecule has 0 fully saturated rings. The van der Waals surface area contributed by atoms with Gasteiger partial charge in [-0.1, -0.05) is 35.3 Å². The van der Waals surface area contributed by atoms with Crippen LogP contribution in [0.4, 0.5) is 13.2 Å². The van der Waals surface area contributed by atoms with Gasteiger partial charge in [-0.15, -0.1) is 13.2 Å². The van der Waals surface area contributed by atoms with Crippen LogP contribution in [0.5, 0.6) is 5.75 Å². The number of hydrogen-bond donors (Lipinski definition) is 1. The molecule has 0 aliphatic carbocycles. The van der Waals surface area contributed by atoms with Crippen LogP contribution >= 0.6 is 34.7 Å². The maximum absolute atomic E-state index is 12.1. The zero-order chi connectivity index (χ0) is 15.8. The number of benzene rings is 1. The van der Waals surface area contributed by atoms with Gasteiger partial charge in [0.25, 0.3) is 0 Å². The lowest BCUT2D eigenvalue weighted by Crippen LogP contribution is -2.22. The third-order valence-electron chi connectivity index (χ3n) is 2.69. The van der Waals surface area contributed by atoms with E-state index in [1.165, 1.54) is 19.1 Å². The number of aromatic nitrogens is 1. The predicted molar refractivity (Wildman–Crippen MR) is 73.9 cm³/mol. The first kappa shape index (κ1) is 16.4. The van der Waals surface area contributed by atoms with Gasteiger partial charge in [0.15, 0.2) is 5.15 Å². The molecule has 1 heterocycles. The largest absolute Gasteiger partial charge is 0.573 e. The van der Waals surface area contributed by atoms with Gasteiger partial charge in [0, 0.05) is 0 Å². The first-order valence-corrected chi connectivity index (χ1v) is 7.04. The van der Waals surface area contributed by atoms with E-state index in [0.717, 1.165) is 23.7 Å². The number of hydrogen-bond acceptors (Lipinski definition) is 4. The fourth-order valence-electron chi connectivity index (χ4n) is 1.67. The van der Waals surface area contributed by atoms with E-state index >= 15 is 0 Å². The van der Waals surface area contributed by atoms with Crippen LogP contribution in [0.2, 0.25) is 10.2 Å². The fraction of sp³-hybridized carbons (Fsp3) is 0.250. The predicted octanol–water partition coefficient (Wildman–Crippen LogP) is 4.60. The van der Waals surface area contributed by atoms with Gasteiger partial charge in [-0.3, -0.25) is 0 Å². The first-order chi connectivity index (χ1) is 9.61. The highest BCUT2D eigenvalue weighted by molar-refractivity contribution is 7.07. The van der Waals surface area contributed by atoms with Crippen molar-refractivity contribution < 1.29 is 23.0 Å². The van der Waals surface area contributed by atoms with Gasteiger partial charge in [0.05, 0.1) is 9.90 Å². The summed E-state index contributed by atoms with van der Waals surface area (Å²) in [4.78, 5) is 0.304. The second kappa shape index (κ2) is 5.64. The van der Waals surface area contributed by atoms with Gasteiger partial charge >= 0.3 is 6.36 Å². The highest BCUT2D eigenvalue weighted by Crippen LogP contribution is 2.40. The molecule has 3 nitrogen and oxygen atoms in total. The quantitative estimate of drug-likeness (QED) is 0.872. The molecule has 0 aliphatic rings. The van der Waals surface area contributed by atoms with Gasteiger partial charge in [0.1, 0.15) is 11.4 Å². The summed E-state index contributed by atoms with van der Waals surface area (Å²) in [5, 5.41) is 10.7. The minimum Gasteiger partial charge on any atom is -0.406 e. The molecule has 1 aromatic carbocycles. The van der Waals surface area contributed by atoms with Crippen molar-refractivity contribution in [1.29, 1.82) is 0 Å². The van der Waals surface area contributed by atoms with Gasteiger partial charge < -0.3 is 9.84 Å². The van der Waals surface area contributed by atoms with E-state index < -0.39 is 12.0 Å². The zero-order valence-electron chi connectivity index (χ0n) is 10.4. The number of ether oxygens (including phenoxy) is 1. The smallest absolute Gasteiger partial charge is 0.406 e. The number of alkyl halides is 3. The molecule has 9 heteroatoms. The summed E-state index contributed by atoms with van der Waals surface area (Å²) in [6.07, 6.45) is -4.77. The van der Waals surface area contributed by atoms with Crippen LogP contribution in [0, 0.1) is 0 Å². The summed E-state index contributed by atoms with van der Waals surface area (Å²) in [6.45, 7) is 1.45. The summed E-state index contributed by atoms with van der Waals surface area (Å²) in [5.41, 5.74) is -1.20. The minimum atomic E-state index is -4.77. The molecule has 1 unspecified atom stereocenters. The van der Waals surface area contributed by atoms with E-state index in [4.69, 9.17) is 23.2 Å². The summed E-state index contributed by atoms with van der Waals surface area (Å²) in [6, 6.07) is 4.83. The normalized spacial score (nSPS) is 14.8. The van der Waals surface area contributed by atoms with E-state index in [-0.39, 0.29) is 15.9 Å². The Labute approximate surface area is 132 Å². The van der Waals surface area contributed by atoms with Crippen molar-refractivity contribution >= 4 is 34.7 Å². The van der Waals surface area contributed by atoms with Gasteiger partial charge in [0.2, 0.25) is 0 Å². The second-order valence-corrected chi connectivity index (χ2v) is 5.77. The second-order valence-electron chi connectivity index (χ2n) is 4.26. The topological polar surface area (TPSA) is 42.4 Å². The molecule has 2 aromatic rings. The van der Waals surface area contributed by atoms with Crippen LogP contribution in [0.15, 0.2) is 24.3 Å². The monoisotopic (exact) mass is 357 g/mol. The molecule has 0 saturated heterocycles. The van der Waals surface area contributed by atoms with E-state index in [1.54, 1.807) is 0 Å². The Morgan fingerprint density at radius 3 is 2.19 bits per heavy atom. The van der Waals surface area contributed by atoms with Gasteiger partial charge in [-0.25, -0.2) is 0 Å². The maximum atomic E-state index is 12.1. The van der Waals surface area contributed by atoms with Crippen LogP contribution in [0.1, 0.15) is 17.4 Å². The lowest BCUT2D eigenvalue weighted by molar-refractivity contribution is -0.274. The molecular weight excluding hydrogens is 350 g/mol. The minimum absolute atomic E-state index is 0.0639. The van der Waals surface area contributed by atoms with E-state index in [1.807, 2.05) is 0 Å². The highest BCUT2D eigenvalue weighted by Gasteiger charge is 2.33. The lowest BCUT2D eigenvalue weighted by atomic mass is 9.94.